The number of hydrogen-bond donors (Lipinski definition) is 2. The normalized spacial score (nSPS) is 11.7. The van der Waals surface area contributed by atoms with E-state index in [1.807, 2.05) is 24.3 Å². The first-order valence-corrected chi connectivity index (χ1v) is 5.85. The molecule has 2 N–H and O–H groups in total. The second-order valence-corrected chi connectivity index (χ2v) is 3.94. The van der Waals surface area contributed by atoms with Gasteiger partial charge in [-0.3, -0.25) is 4.79 Å². The molecule has 0 fully saturated rings. The molecule has 1 atom stereocenters. The van der Waals surface area contributed by atoms with E-state index < -0.39 is 0 Å². The van der Waals surface area contributed by atoms with Gasteiger partial charge in [0.05, 0.1) is 0 Å². The zero-order valence-electron chi connectivity index (χ0n) is 10.6. The summed E-state index contributed by atoms with van der Waals surface area (Å²) < 4.78 is 5.36. The van der Waals surface area contributed by atoms with Crippen LogP contribution in [-0.4, -0.2) is 25.6 Å². The van der Waals surface area contributed by atoms with Gasteiger partial charge in [-0.15, -0.1) is 0 Å². The molecule has 1 unspecified atom stereocenters. The lowest BCUT2D eigenvalue weighted by Gasteiger charge is -2.14. The Morgan fingerprint density at radius 1 is 1.47 bits per heavy atom. The summed E-state index contributed by atoms with van der Waals surface area (Å²) in [5.74, 6) is 0.562. The van der Waals surface area contributed by atoms with Gasteiger partial charge in [-0.2, -0.15) is 0 Å². The number of anilines is 1. The van der Waals surface area contributed by atoms with E-state index in [2.05, 4.69) is 24.5 Å². The van der Waals surface area contributed by atoms with Crippen molar-refractivity contribution in [3.63, 3.8) is 0 Å². The number of hydrogen-bond acceptors (Lipinski definition) is 3. The van der Waals surface area contributed by atoms with Crippen molar-refractivity contribution in [2.75, 3.05) is 19.0 Å². The maximum Gasteiger partial charge on any atom is 0.257 e. The average Bonchev–Trinajstić information content (AvgIpc) is 2.36. The highest BCUT2D eigenvalue weighted by atomic mass is 16.5. The maximum atomic E-state index is 11.0. The minimum absolute atomic E-state index is 0.0449. The molecular formula is C13H20N2O2. The van der Waals surface area contributed by atoms with Gasteiger partial charge in [0.25, 0.3) is 5.91 Å². The third-order valence-corrected chi connectivity index (χ3v) is 2.51. The molecule has 0 bridgehead atoms. The van der Waals surface area contributed by atoms with Crippen molar-refractivity contribution in [2.24, 2.45) is 0 Å². The lowest BCUT2D eigenvalue weighted by atomic mass is 10.2. The molecule has 94 valence electrons. The van der Waals surface area contributed by atoms with Crippen molar-refractivity contribution < 1.29 is 9.53 Å². The van der Waals surface area contributed by atoms with Crippen LogP contribution in [0.3, 0.4) is 0 Å². The molecule has 1 rings (SSSR count). The summed E-state index contributed by atoms with van der Waals surface area (Å²) in [6.07, 6.45) is 1.06. The number of carbonyl (C=O) groups is 1. The molecule has 0 saturated heterocycles. The minimum atomic E-state index is -0.134. The molecule has 17 heavy (non-hydrogen) atoms. The molecule has 0 aliphatic carbocycles. The Kier molecular flexibility index (Phi) is 5.33. The Labute approximate surface area is 102 Å². The number of amides is 1. The Bertz CT molecular complexity index is 366. The summed E-state index contributed by atoms with van der Waals surface area (Å²) in [5.41, 5.74) is 1.01. The van der Waals surface area contributed by atoms with Gasteiger partial charge in [0.15, 0.2) is 6.61 Å². The van der Waals surface area contributed by atoms with E-state index in [1.165, 1.54) is 0 Å². The van der Waals surface area contributed by atoms with Crippen molar-refractivity contribution in [1.82, 2.24) is 5.32 Å². The van der Waals surface area contributed by atoms with E-state index >= 15 is 0 Å². The Morgan fingerprint density at radius 3 is 2.88 bits per heavy atom. The molecule has 4 nitrogen and oxygen atoms in total. The van der Waals surface area contributed by atoms with Crippen LogP contribution in [0.5, 0.6) is 5.75 Å². The average molecular weight is 236 g/mol. The molecular weight excluding hydrogens is 216 g/mol. The van der Waals surface area contributed by atoms with Crippen LogP contribution in [0, 0.1) is 0 Å². The van der Waals surface area contributed by atoms with Gasteiger partial charge in [-0.1, -0.05) is 13.0 Å². The minimum Gasteiger partial charge on any atom is -0.484 e. The Morgan fingerprint density at radius 2 is 2.24 bits per heavy atom. The van der Waals surface area contributed by atoms with Gasteiger partial charge in [-0.05, 0) is 25.5 Å². The number of ether oxygens (including phenoxy) is 1. The predicted molar refractivity (Wildman–Crippen MR) is 69.4 cm³/mol. The van der Waals surface area contributed by atoms with Crippen molar-refractivity contribution in [3.8, 4) is 5.75 Å². The molecule has 4 heteroatoms. The van der Waals surface area contributed by atoms with Crippen LogP contribution in [0.25, 0.3) is 0 Å². The highest BCUT2D eigenvalue weighted by Gasteiger charge is 2.02. The fraction of sp³-hybridized carbons (Fsp3) is 0.462. The van der Waals surface area contributed by atoms with E-state index in [9.17, 15) is 4.79 Å². The zero-order chi connectivity index (χ0) is 12.7. The number of carbonyl (C=O) groups excluding carboxylic acids is 1. The van der Waals surface area contributed by atoms with Crippen LogP contribution in [0.15, 0.2) is 24.3 Å². The molecule has 1 aromatic rings. The third-order valence-electron chi connectivity index (χ3n) is 2.51. The maximum absolute atomic E-state index is 11.0. The van der Waals surface area contributed by atoms with Crippen LogP contribution in [0.1, 0.15) is 20.3 Å². The molecule has 1 aromatic carbocycles. The van der Waals surface area contributed by atoms with Crippen LogP contribution in [-0.2, 0) is 4.79 Å². The predicted octanol–water partition coefficient (Wildman–Crippen LogP) is 2.02. The molecule has 1 amide bonds. The van der Waals surface area contributed by atoms with Crippen LogP contribution in [0.4, 0.5) is 5.69 Å². The Hall–Kier alpha value is -1.71. The second kappa shape index (κ2) is 6.78. The zero-order valence-corrected chi connectivity index (χ0v) is 10.6. The van der Waals surface area contributed by atoms with Crippen molar-refractivity contribution in [3.05, 3.63) is 24.3 Å². The van der Waals surface area contributed by atoms with E-state index in [-0.39, 0.29) is 12.5 Å². The fourth-order valence-electron chi connectivity index (χ4n) is 1.28. The fourth-order valence-corrected chi connectivity index (χ4v) is 1.28. The molecule has 0 aliphatic rings. The lowest BCUT2D eigenvalue weighted by Crippen LogP contribution is -2.24. The Balaban J connectivity index is 2.56. The molecule has 0 spiro atoms. The summed E-state index contributed by atoms with van der Waals surface area (Å²) >= 11 is 0. The summed E-state index contributed by atoms with van der Waals surface area (Å²) in [4.78, 5) is 11.0. The first-order valence-electron chi connectivity index (χ1n) is 5.85. The highest BCUT2D eigenvalue weighted by Crippen LogP contribution is 2.18. The largest absolute Gasteiger partial charge is 0.484 e. The molecule has 0 aromatic heterocycles. The van der Waals surface area contributed by atoms with E-state index in [1.54, 1.807) is 7.05 Å². The van der Waals surface area contributed by atoms with Gasteiger partial charge >= 0.3 is 0 Å². The molecule has 0 saturated carbocycles. The summed E-state index contributed by atoms with van der Waals surface area (Å²) in [6, 6.07) is 8.05. The smallest absolute Gasteiger partial charge is 0.257 e. The first kappa shape index (κ1) is 13.4. The van der Waals surface area contributed by atoms with Crippen LogP contribution >= 0.6 is 0 Å². The van der Waals surface area contributed by atoms with E-state index in [4.69, 9.17) is 4.74 Å². The first-order chi connectivity index (χ1) is 8.15. The SMILES string of the molecule is CCC(C)Nc1cccc(OCC(=O)NC)c1. The molecule has 0 heterocycles. The van der Waals surface area contributed by atoms with Crippen LogP contribution in [0.2, 0.25) is 0 Å². The topological polar surface area (TPSA) is 50.4 Å². The van der Waals surface area contributed by atoms with Gasteiger partial charge in [0, 0.05) is 24.8 Å². The number of nitrogens with one attached hydrogen (secondary N) is 2. The number of benzene rings is 1. The van der Waals surface area contributed by atoms with Gasteiger partial charge in [0.2, 0.25) is 0 Å². The quantitative estimate of drug-likeness (QED) is 0.794. The summed E-state index contributed by atoms with van der Waals surface area (Å²) in [7, 11) is 1.59. The third kappa shape index (κ3) is 4.76. The van der Waals surface area contributed by atoms with Gasteiger partial charge in [0.1, 0.15) is 5.75 Å². The lowest BCUT2D eigenvalue weighted by molar-refractivity contribution is -0.122. The van der Waals surface area contributed by atoms with Crippen molar-refractivity contribution >= 4 is 11.6 Å². The van der Waals surface area contributed by atoms with Crippen molar-refractivity contribution in [1.29, 1.82) is 0 Å². The van der Waals surface area contributed by atoms with Crippen LogP contribution < -0.4 is 15.4 Å². The molecule has 0 aliphatic heterocycles. The van der Waals surface area contributed by atoms with E-state index in [0.29, 0.717) is 11.8 Å². The van der Waals surface area contributed by atoms with E-state index in [0.717, 1.165) is 12.1 Å². The standard InChI is InChI=1S/C13H20N2O2/c1-4-10(2)15-11-6-5-7-12(8-11)17-9-13(16)14-3/h5-8,10,15H,4,9H2,1-3H3,(H,14,16). The van der Waals surface area contributed by atoms with Crippen molar-refractivity contribution in [2.45, 2.75) is 26.3 Å². The second-order valence-electron chi connectivity index (χ2n) is 3.94. The number of likely N-dealkylation sites (N-methyl/N-ethyl adjacent to an activating group) is 1. The molecule has 0 radical (unpaired) electrons. The van der Waals surface area contributed by atoms with Gasteiger partial charge < -0.3 is 15.4 Å². The number of rotatable bonds is 6. The van der Waals surface area contributed by atoms with Gasteiger partial charge in [-0.25, -0.2) is 0 Å². The highest BCUT2D eigenvalue weighted by molar-refractivity contribution is 5.77. The summed E-state index contributed by atoms with van der Waals surface area (Å²) in [6.45, 7) is 4.30. The monoisotopic (exact) mass is 236 g/mol. The summed E-state index contributed by atoms with van der Waals surface area (Å²) in [5, 5.41) is 5.86.